The lowest BCUT2D eigenvalue weighted by atomic mass is 10.4. The first kappa shape index (κ1) is 6.04. The largest absolute Gasteiger partial charge is 0.217 e. The molecule has 2 rings (SSSR count). The first-order chi connectivity index (χ1) is 4.86. The van der Waals surface area contributed by atoms with E-state index in [4.69, 9.17) is 11.6 Å². The zero-order valence-electron chi connectivity index (χ0n) is 5.29. The van der Waals surface area contributed by atoms with E-state index in [-0.39, 0.29) is 0 Å². The number of hydrogen-bond acceptors (Lipinski definition) is 3. The topological polar surface area (TPSA) is 38.7 Å². The maximum absolute atomic E-state index is 5.60. The zero-order chi connectivity index (χ0) is 6.97. The van der Waals surface area contributed by atoms with Crippen molar-refractivity contribution in [2.24, 2.45) is 0 Å². The lowest BCUT2D eigenvalue weighted by Gasteiger charge is -1.92. The lowest BCUT2D eigenvalue weighted by molar-refractivity contribution is 0.839. The summed E-state index contributed by atoms with van der Waals surface area (Å²) < 4.78 is 0. The van der Waals surface area contributed by atoms with E-state index in [1.165, 1.54) is 19.0 Å². The monoisotopic (exact) mass is 155 g/mol. The molecule has 3 nitrogen and oxygen atoms in total. The van der Waals surface area contributed by atoms with Crippen molar-refractivity contribution < 1.29 is 0 Å². The third kappa shape index (κ3) is 1.09. The maximum atomic E-state index is 5.60. The van der Waals surface area contributed by atoms with Gasteiger partial charge in [0.15, 0.2) is 11.0 Å². The minimum atomic E-state index is 0.442. The van der Waals surface area contributed by atoms with E-state index in [1.54, 1.807) is 0 Å². The molecule has 1 heterocycles. The molecule has 0 atom stereocenters. The van der Waals surface area contributed by atoms with Gasteiger partial charge >= 0.3 is 0 Å². The van der Waals surface area contributed by atoms with Crippen molar-refractivity contribution >= 4 is 11.6 Å². The van der Waals surface area contributed by atoms with Crippen LogP contribution < -0.4 is 0 Å². The van der Waals surface area contributed by atoms with Crippen LogP contribution in [0, 0.1) is 0 Å². The second-order valence-electron chi connectivity index (χ2n) is 2.41. The quantitative estimate of drug-likeness (QED) is 0.616. The lowest BCUT2D eigenvalue weighted by Crippen LogP contribution is -1.93. The summed E-state index contributed by atoms with van der Waals surface area (Å²) in [6.07, 6.45) is 3.82. The molecule has 1 aromatic heterocycles. The van der Waals surface area contributed by atoms with E-state index in [1.807, 2.05) is 0 Å². The molecule has 0 bridgehead atoms. The molecule has 1 fully saturated rings. The highest BCUT2D eigenvalue weighted by atomic mass is 35.5. The van der Waals surface area contributed by atoms with Crippen molar-refractivity contribution in [2.75, 3.05) is 0 Å². The zero-order valence-corrected chi connectivity index (χ0v) is 6.04. The van der Waals surface area contributed by atoms with Crippen LogP contribution in [-0.2, 0) is 0 Å². The predicted octanol–water partition coefficient (Wildman–Crippen LogP) is 1.40. The van der Waals surface area contributed by atoms with Crippen LogP contribution in [0.1, 0.15) is 24.6 Å². The Morgan fingerprint density at radius 3 is 2.90 bits per heavy atom. The van der Waals surface area contributed by atoms with Crippen molar-refractivity contribution in [3.05, 3.63) is 17.2 Å². The fourth-order valence-electron chi connectivity index (χ4n) is 0.811. The van der Waals surface area contributed by atoms with Gasteiger partial charge in [-0.05, 0) is 12.8 Å². The molecular formula is C6H6ClN3. The standard InChI is InChI=1S/C6H6ClN3/c7-5-3-8-10-6(9-5)4-1-2-4/h3-4H,1-2H2. The summed E-state index contributed by atoms with van der Waals surface area (Å²) in [5.41, 5.74) is 0. The smallest absolute Gasteiger partial charge is 0.155 e. The SMILES string of the molecule is Clc1cnnc(C2CC2)n1. The fourth-order valence-corrected chi connectivity index (χ4v) is 0.941. The molecule has 0 amide bonds. The number of aromatic nitrogens is 3. The molecule has 1 aliphatic carbocycles. The Morgan fingerprint density at radius 1 is 1.50 bits per heavy atom. The molecule has 0 spiro atoms. The summed E-state index contributed by atoms with van der Waals surface area (Å²) in [6, 6.07) is 0. The van der Waals surface area contributed by atoms with Crippen molar-refractivity contribution in [3.63, 3.8) is 0 Å². The molecule has 1 saturated carbocycles. The number of rotatable bonds is 1. The van der Waals surface area contributed by atoms with Crippen LogP contribution in [0.4, 0.5) is 0 Å². The van der Waals surface area contributed by atoms with Gasteiger partial charge in [0, 0.05) is 5.92 Å². The normalized spacial score (nSPS) is 17.3. The summed E-state index contributed by atoms with van der Waals surface area (Å²) in [4.78, 5) is 4.03. The maximum Gasteiger partial charge on any atom is 0.155 e. The van der Waals surface area contributed by atoms with Crippen LogP contribution in [-0.4, -0.2) is 15.2 Å². The van der Waals surface area contributed by atoms with E-state index in [0.717, 1.165) is 5.82 Å². The predicted molar refractivity (Wildman–Crippen MR) is 36.8 cm³/mol. The summed E-state index contributed by atoms with van der Waals surface area (Å²) in [6.45, 7) is 0. The van der Waals surface area contributed by atoms with Gasteiger partial charge in [0.05, 0.1) is 6.20 Å². The van der Waals surface area contributed by atoms with Gasteiger partial charge in [0.25, 0.3) is 0 Å². The summed E-state index contributed by atoms with van der Waals surface area (Å²) >= 11 is 5.60. The molecule has 1 aromatic rings. The van der Waals surface area contributed by atoms with Crippen molar-refractivity contribution in [3.8, 4) is 0 Å². The van der Waals surface area contributed by atoms with Crippen LogP contribution in [0.15, 0.2) is 6.20 Å². The van der Waals surface area contributed by atoms with Crippen LogP contribution in [0.25, 0.3) is 0 Å². The van der Waals surface area contributed by atoms with Crippen molar-refractivity contribution in [1.82, 2.24) is 15.2 Å². The minimum Gasteiger partial charge on any atom is -0.217 e. The van der Waals surface area contributed by atoms with Gasteiger partial charge in [-0.1, -0.05) is 11.6 Å². The first-order valence-corrected chi connectivity index (χ1v) is 3.59. The third-order valence-electron chi connectivity index (χ3n) is 1.49. The van der Waals surface area contributed by atoms with Crippen LogP contribution in [0.3, 0.4) is 0 Å². The van der Waals surface area contributed by atoms with Gasteiger partial charge < -0.3 is 0 Å². The Morgan fingerprint density at radius 2 is 2.30 bits per heavy atom. The molecule has 0 saturated heterocycles. The van der Waals surface area contributed by atoms with Gasteiger partial charge in [-0.3, -0.25) is 0 Å². The molecule has 10 heavy (non-hydrogen) atoms. The van der Waals surface area contributed by atoms with Gasteiger partial charge in [0.2, 0.25) is 0 Å². The second-order valence-corrected chi connectivity index (χ2v) is 2.80. The molecule has 0 aromatic carbocycles. The van der Waals surface area contributed by atoms with Crippen LogP contribution >= 0.6 is 11.6 Å². The Labute approximate surface area is 63.5 Å². The average Bonchev–Trinajstić information content (AvgIpc) is 2.68. The van der Waals surface area contributed by atoms with Crippen molar-refractivity contribution in [1.29, 1.82) is 0 Å². The second kappa shape index (κ2) is 2.16. The highest BCUT2D eigenvalue weighted by Gasteiger charge is 2.26. The van der Waals surface area contributed by atoms with Gasteiger partial charge in [-0.2, -0.15) is 5.10 Å². The van der Waals surface area contributed by atoms with Crippen LogP contribution in [0.2, 0.25) is 5.15 Å². The van der Waals surface area contributed by atoms with E-state index in [0.29, 0.717) is 11.1 Å². The van der Waals surface area contributed by atoms with Crippen molar-refractivity contribution in [2.45, 2.75) is 18.8 Å². The summed E-state index contributed by atoms with van der Waals surface area (Å²) in [5, 5.41) is 8.00. The molecule has 0 unspecified atom stereocenters. The van der Waals surface area contributed by atoms with E-state index >= 15 is 0 Å². The van der Waals surface area contributed by atoms with Gasteiger partial charge in [-0.15, -0.1) is 5.10 Å². The first-order valence-electron chi connectivity index (χ1n) is 3.21. The molecule has 4 heteroatoms. The third-order valence-corrected chi connectivity index (χ3v) is 1.67. The molecule has 52 valence electrons. The van der Waals surface area contributed by atoms with Gasteiger partial charge in [0.1, 0.15) is 0 Å². The Hall–Kier alpha value is -0.700. The molecule has 0 aliphatic heterocycles. The highest BCUT2D eigenvalue weighted by molar-refractivity contribution is 6.29. The number of hydrogen-bond donors (Lipinski definition) is 0. The fraction of sp³-hybridized carbons (Fsp3) is 0.500. The Kier molecular flexibility index (Phi) is 1.31. The Bertz CT molecular complexity index is 247. The van der Waals surface area contributed by atoms with Crippen LogP contribution in [0.5, 0.6) is 0 Å². The summed E-state index contributed by atoms with van der Waals surface area (Å²) in [7, 11) is 0. The molecular weight excluding hydrogens is 150 g/mol. The molecule has 0 radical (unpaired) electrons. The minimum absolute atomic E-state index is 0.442. The number of halogens is 1. The van der Waals surface area contributed by atoms with Gasteiger partial charge in [-0.25, -0.2) is 4.98 Å². The van der Waals surface area contributed by atoms with E-state index in [2.05, 4.69) is 15.2 Å². The molecule has 0 N–H and O–H groups in total. The molecule has 1 aliphatic rings. The average molecular weight is 156 g/mol. The Balaban J connectivity index is 2.32. The number of nitrogens with zero attached hydrogens (tertiary/aromatic N) is 3. The van der Waals surface area contributed by atoms with E-state index in [9.17, 15) is 0 Å². The van der Waals surface area contributed by atoms with E-state index < -0.39 is 0 Å². The summed E-state index contributed by atoms with van der Waals surface area (Å²) in [5.74, 6) is 1.33. The highest BCUT2D eigenvalue weighted by Crippen LogP contribution is 2.37.